The highest BCUT2D eigenvalue weighted by atomic mass is 16.2. The lowest BCUT2D eigenvalue weighted by Crippen LogP contribution is -2.44. The molecule has 0 radical (unpaired) electrons. The zero-order valence-corrected chi connectivity index (χ0v) is 20.6. The van der Waals surface area contributed by atoms with Crippen LogP contribution in [0.1, 0.15) is 42.6 Å². The maximum absolute atomic E-state index is 12.6. The van der Waals surface area contributed by atoms with Gasteiger partial charge >= 0.3 is 0 Å². The average molecular weight is 481 g/mol. The predicted molar refractivity (Wildman–Crippen MR) is 142 cm³/mol. The van der Waals surface area contributed by atoms with E-state index < -0.39 is 0 Å². The largest absolute Gasteiger partial charge is 0.356 e. The summed E-state index contributed by atoms with van der Waals surface area (Å²) in [7, 11) is 0. The highest BCUT2D eigenvalue weighted by molar-refractivity contribution is 5.80. The molecule has 184 valence electrons. The van der Waals surface area contributed by atoms with E-state index in [1.54, 1.807) is 0 Å². The van der Waals surface area contributed by atoms with Gasteiger partial charge in [-0.3, -0.25) is 9.59 Å². The number of H-pyrrole nitrogens is 1. The van der Waals surface area contributed by atoms with Crippen molar-refractivity contribution >= 4 is 22.8 Å². The number of carbonyl (C=O) groups is 2. The van der Waals surface area contributed by atoms with Gasteiger partial charge in [-0.05, 0) is 54.5 Å². The van der Waals surface area contributed by atoms with E-state index in [9.17, 15) is 9.59 Å². The van der Waals surface area contributed by atoms with Gasteiger partial charge < -0.3 is 15.6 Å². The van der Waals surface area contributed by atoms with E-state index >= 15 is 0 Å². The molecule has 3 aromatic carbocycles. The van der Waals surface area contributed by atoms with Crippen LogP contribution in [0.4, 0.5) is 0 Å². The van der Waals surface area contributed by atoms with Crippen molar-refractivity contribution in [2.45, 2.75) is 51.0 Å². The predicted octanol–water partition coefficient (Wildman–Crippen LogP) is 4.87. The van der Waals surface area contributed by atoms with Gasteiger partial charge in [-0.2, -0.15) is 0 Å². The Bertz CT molecular complexity index is 1360. The highest BCUT2D eigenvalue weighted by Gasteiger charge is 2.37. The molecule has 0 bridgehead atoms. The van der Waals surface area contributed by atoms with Crippen LogP contribution in [0.15, 0.2) is 72.8 Å². The number of fused-ring (bicyclic) bond motifs is 1. The van der Waals surface area contributed by atoms with Crippen LogP contribution in [0, 0.1) is 6.92 Å². The summed E-state index contributed by atoms with van der Waals surface area (Å²) in [6.07, 6.45) is 3.62. The Morgan fingerprint density at radius 1 is 1.00 bits per heavy atom. The standard InChI is InChI=1S/C30H32N4O2/c1-21-6-5-9-25-29(21)33-26(32-25)16-19-31-27(35)14-17-30(18-15-28(36)34-30)20-22-10-12-24(13-11-22)23-7-3-2-4-8-23/h2-13H,14-20H2,1H3,(H,31,35)(H,32,33)(H,34,36)/t30-/m0/s1. The number of carbonyl (C=O) groups excluding carboxylic acids is 2. The number of nitrogens with one attached hydrogen (secondary N) is 3. The third-order valence-electron chi connectivity index (χ3n) is 7.12. The van der Waals surface area contributed by atoms with Crippen LogP contribution < -0.4 is 10.6 Å². The normalized spacial score (nSPS) is 17.3. The molecule has 5 rings (SSSR count). The topological polar surface area (TPSA) is 86.9 Å². The first-order valence-corrected chi connectivity index (χ1v) is 12.7. The highest BCUT2D eigenvalue weighted by Crippen LogP contribution is 2.30. The molecule has 2 heterocycles. The van der Waals surface area contributed by atoms with Gasteiger partial charge in [0.2, 0.25) is 11.8 Å². The summed E-state index contributed by atoms with van der Waals surface area (Å²) in [6.45, 7) is 2.57. The number of benzene rings is 3. The smallest absolute Gasteiger partial charge is 0.220 e. The quantitative estimate of drug-likeness (QED) is 0.319. The Balaban J connectivity index is 1.16. The number of aromatic amines is 1. The minimum atomic E-state index is -0.376. The molecule has 1 aliphatic rings. The first-order valence-electron chi connectivity index (χ1n) is 12.7. The number of amides is 2. The Morgan fingerprint density at radius 3 is 2.50 bits per heavy atom. The second-order valence-corrected chi connectivity index (χ2v) is 9.82. The van der Waals surface area contributed by atoms with Crippen LogP contribution >= 0.6 is 0 Å². The van der Waals surface area contributed by atoms with E-state index in [1.165, 1.54) is 11.1 Å². The van der Waals surface area contributed by atoms with Gasteiger partial charge in [0.05, 0.1) is 11.0 Å². The fraction of sp³-hybridized carbons (Fsp3) is 0.300. The minimum Gasteiger partial charge on any atom is -0.356 e. The second kappa shape index (κ2) is 10.4. The number of para-hydroxylation sites is 1. The summed E-state index contributed by atoms with van der Waals surface area (Å²) in [6, 6.07) is 24.9. The molecule has 0 unspecified atom stereocenters. The summed E-state index contributed by atoms with van der Waals surface area (Å²) >= 11 is 0. The molecule has 2 amide bonds. The maximum Gasteiger partial charge on any atom is 0.220 e. The SMILES string of the molecule is Cc1cccc2[nH]c(CCNC(=O)CC[C@@]3(Cc4ccc(-c5ccccc5)cc4)CCC(=O)N3)nc12. The third-order valence-corrected chi connectivity index (χ3v) is 7.12. The van der Waals surface area contributed by atoms with Crippen molar-refractivity contribution in [3.8, 4) is 11.1 Å². The number of aryl methyl sites for hydroxylation is 1. The van der Waals surface area contributed by atoms with Gasteiger partial charge in [0.1, 0.15) is 5.82 Å². The summed E-state index contributed by atoms with van der Waals surface area (Å²) in [5.41, 5.74) is 6.28. The number of rotatable bonds is 9. The molecule has 0 spiro atoms. The van der Waals surface area contributed by atoms with Crippen LogP contribution in [-0.2, 0) is 22.4 Å². The molecule has 4 aromatic rings. The molecule has 6 heteroatoms. The van der Waals surface area contributed by atoms with Crippen LogP contribution in [0.25, 0.3) is 22.2 Å². The van der Waals surface area contributed by atoms with Crippen molar-refractivity contribution in [3.63, 3.8) is 0 Å². The lowest BCUT2D eigenvalue weighted by atomic mass is 9.84. The van der Waals surface area contributed by atoms with Crippen LogP contribution in [0.2, 0.25) is 0 Å². The van der Waals surface area contributed by atoms with E-state index in [0.29, 0.717) is 32.2 Å². The molecule has 1 aromatic heterocycles. The number of nitrogens with zero attached hydrogens (tertiary/aromatic N) is 1. The molecule has 1 atom stereocenters. The fourth-order valence-corrected chi connectivity index (χ4v) is 5.12. The van der Waals surface area contributed by atoms with Gasteiger partial charge in [0.15, 0.2) is 0 Å². The molecule has 36 heavy (non-hydrogen) atoms. The Hall–Kier alpha value is -3.93. The van der Waals surface area contributed by atoms with Gasteiger partial charge in [0, 0.05) is 31.3 Å². The number of hydrogen-bond donors (Lipinski definition) is 3. The van der Waals surface area contributed by atoms with E-state index in [1.807, 2.05) is 43.3 Å². The Kier molecular flexibility index (Phi) is 6.85. The summed E-state index contributed by atoms with van der Waals surface area (Å²) in [4.78, 5) is 32.8. The molecule has 1 aliphatic heterocycles. The van der Waals surface area contributed by atoms with Crippen LogP contribution in [-0.4, -0.2) is 33.9 Å². The molecule has 0 aliphatic carbocycles. The van der Waals surface area contributed by atoms with Crippen molar-refractivity contribution in [1.29, 1.82) is 0 Å². The first-order chi connectivity index (χ1) is 17.5. The van der Waals surface area contributed by atoms with E-state index in [2.05, 4.69) is 57.0 Å². The van der Waals surface area contributed by atoms with Gasteiger partial charge in [0.25, 0.3) is 0 Å². The van der Waals surface area contributed by atoms with Crippen molar-refractivity contribution in [2.24, 2.45) is 0 Å². The summed E-state index contributed by atoms with van der Waals surface area (Å²) < 4.78 is 0. The zero-order chi connectivity index (χ0) is 25.0. The molecule has 1 fully saturated rings. The maximum atomic E-state index is 12.6. The second-order valence-electron chi connectivity index (χ2n) is 9.82. The van der Waals surface area contributed by atoms with Gasteiger partial charge in [-0.1, -0.05) is 66.7 Å². The lowest BCUT2D eigenvalue weighted by Gasteiger charge is -2.29. The van der Waals surface area contributed by atoms with Crippen LogP contribution in [0.5, 0.6) is 0 Å². The Morgan fingerprint density at radius 2 is 1.78 bits per heavy atom. The number of aromatic nitrogens is 2. The average Bonchev–Trinajstić information content (AvgIpc) is 3.48. The molecule has 0 saturated carbocycles. The van der Waals surface area contributed by atoms with Gasteiger partial charge in [-0.25, -0.2) is 4.98 Å². The molecular formula is C30H32N4O2. The van der Waals surface area contributed by atoms with E-state index in [-0.39, 0.29) is 17.4 Å². The van der Waals surface area contributed by atoms with Crippen molar-refractivity contribution in [2.75, 3.05) is 6.54 Å². The van der Waals surface area contributed by atoms with E-state index in [0.717, 1.165) is 40.8 Å². The molecule has 6 nitrogen and oxygen atoms in total. The van der Waals surface area contributed by atoms with E-state index in [4.69, 9.17) is 0 Å². The number of hydrogen-bond acceptors (Lipinski definition) is 3. The molecular weight excluding hydrogens is 448 g/mol. The van der Waals surface area contributed by atoms with Crippen LogP contribution in [0.3, 0.4) is 0 Å². The van der Waals surface area contributed by atoms with Crippen molar-refractivity contribution in [1.82, 2.24) is 20.6 Å². The first kappa shape index (κ1) is 23.8. The van der Waals surface area contributed by atoms with Gasteiger partial charge in [-0.15, -0.1) is 0 Å². The zero-order valence-electron chi connectivity index (χ0n) is 20.6. The summed E-state index contributed by atoms with van der Waals surface area (Å²) in [5, 5.41) is 6.21. The lowest BCUT2D eigenvalue weighted by molar-refractivity contribution is -0.122. The Labute approximate surface area is 211 Å². The summed E-state index contributed by atoms with van der Waals surface area (Å²) in [5.74, 6) is 0.941. The molecule has 1 saturated heterocycles. The monoisotopic (exact) mass is 480 g/mol. The van der Waals surface area contributed by atoms with Crippen molar-refractivity contribution < 1.29 is 9.59 Å². The fourth-order valence-electron chi connectivity index (χ4n) is 5.12. The minimum absolute atomic E-state index is 0.00208. The number of imidazole rings is 1. The van der Waals surface area contributed by atoms with Crippen molar-refractivity contribution in [3.05, 3.63) is 89.7 Å². The molecule has 3 N–H and O–H groups in total. The third kappa shape index (κ3) is 5.48.